The SMILES string of the molecule is C=CCCCCCCCCCOc1ccc(-c2cccc(-c3ccc(OCCCCCCCCCC=C)cc3)c2N)cc1. The second-order valence-corrected chi connectivity index (χ2v) is 11.6. The Kier molecular flexibility index (Phi) is 16.8. The molecule has 3 aromatic carbocycles. The molecule has 0 radical (unpaired) electrons. The maximum atomic E-state index is 6.70. The summed E-state index contributed by atoms with van der Waals surface area (Å²) in [5.74, 6) is 1.83. The van der Waals surface area contributed by atoms with Crippen molar-refractivity contribution in [1.82, 2.24) is 0 Å². The van der Waals surface area contributed by atoms with Crippen molar-refractivity contribution in [2.24, 2.45) is 0 Å². The van der Waals surface area contributed by atoms with E-state index in [4.69, 9.17) is 15.2 Å². The minimum atomic E-state index is 0.768. The molecule has 0 heterocycles. The highest BCUT2D eigenvalue weighted by Gasteiger charge is 2.10. The smallest absolute Gasteiger partial charge is 0.119 e. The van der Waals surface area contributed by atoms with Crippen molar-refractivity contribution >= 4 is 5.69 Å². The van der Waals surface area contributed by atoms with E-state index < -0.39 is 0 Å². The van der Waals surface area contributed by atoms with Gasteiger partial charge in [-0.25, -0.2) is 0 Å². The lowest BCUT2D eigenvalue weighted by atomic mass is 9.96. The van der Waals surface area contributed by atoms with E-state index in [1.807, 2.05) is 12.2 Å². The summed E-state index contributed by atoms with van der Waals surface area (Å²) in [7, 11) is 0. The molecule has 0 saturated carbocycles. The van der Waals surface area contributed by atoms with E-state index in [1.54, 1.807) is 0 Å². The molecule has 0 spiro atoms. The van der Waals surface area contributed by atoms with Gasteiger partial charge in [-0.2, -0.15) is 0 Å². The third-order valence-electron chi connectivity index (χ3n) is 8.08. The molecule has 0 fully saturated rings. The molecule has 0 aliphatic rings. The average Bonchev–Trinajstić information content (AvgIpc) is 3.04. The van der Waals surface area contributed by atoms with Crippen molar-refractivity contribution < 1.29 is 9.47 Å². The second kappa shape index (κ2) is 21.3. The molecule has 232 valence electrons. The van der Waals surface area contributed by atoms with Crippen LogP contribution >= 0.6 is 0 Å². The average molecular weight is 582 g/mol. The summed E-state index contributed by atoms with van der Waals surface area (Å²) < 4.78 is 12.0. The van der Waals surface area contributed by atoms with Crippen LogP contribution in [0.2, 0.25) is 0 Å². The summed E-state index contributed by atoms with van der Waals surface area (Å²) in [6.45, 7) is 9.11. The van der Waals surface area contributed by atoms with Crippen molar-refractivity contribution in [3.63, 3.8) is 0 Å². The summed E-state index contributed by atoms with van der Waals surface area (Å²) >= 11 is 0. The van der Waals surface area contributed by atoms with E-state index in [-0.39, 0.29) is 0 Å². The molecule has 3 nitrogen and oxygen atoms in total. The Bertz CT molecular complexity index is 1080. The van der Waals surface area contributed by atoms with Crippen LogP contribution in [0.5, 0.6) is 11.5 Å². The molecular weight excluding hydrogens is 526 g/mol. The Morgan fingerprint density at radius 3 is 1.19 bits per heavy atom. The van der Waals surface area contributed by atoms with Crippen LogP contribution in [-0.2, 0) is 0 Å². The number of nitrogens with two attached hydrogens (primary N) is 1. The standard InChI is InChI=1S/C40H55NO2/c1-3-5-7-9-11-13-15-17-19-32-42-36-28-24-34(25-29-36)38-22-21-23-39(40(38)41)35-26-30-37(31-27-35)43-33-20-18-16-14-12-10-8-6-4-2/h3-4,21-31H,1-2,5-20,32-33,41H2. The molecule has 3 rings (SSSR count). The number of nitrogen functional groups attached to an aromatic ring is 1. The molecule has 0 bridgehead atoms. The van der Waals surface area contributed by atoms with Crippen molar-refractivity contribution in [3.8, 4) is 33.8 Å². The monoisotopic (exact) mass is 581 g/mol. The number of allylic oxidation sites excluding steroid dienone is 2. The zero-order chi connectivity index (χ0) is 30.4. The molecular formula is C40H55NO2. The Morgan fingerprint density at radius 1 is 0.465 bits per heavy atom. The van der Waals surface area contributed by atoms with Crippen LogP contribution in [0, 0.1) is 0 Å². The van der Waals surface area contributed by atoms with E-state index in [0.29, 0.717) is 0 Å². The van der Waals surface area contributed by atoms with Gasteiger partial charge in [0.2, 0.25) is 0 Å². The number of rotatable bonds is 24. The van der Waals surface area contributed by atoms with Crippen LogP contribution in [0.1, 0.15) is 103 Å². The number of para-hydroxylation sites is 1. The lowest BCUT2D eigenvalue weighted by Crippen LogP contribution is -1.98. The quantitative estimate of drug-likeness (QED) is 0.0650. The van der Waals surface area contributed by atoms with E-state index in [0.717, 1.165) is 78.3 Å². The zero-order valence-electron chi connectivity index (χ0n) is 26.5. The Morgan fingerprint density at radius 2 is 0.814 bits per heavy atom. The van der Waals surface area contributed by atoms with Crippen molar-refractivity contribution in [2.45, 2.75) is 103 Å². The van der Waals surface area contributed by atoms with E-state index >= 15 is 0 Å². The molecule has 0 unspecified atom stereocenters. The lowest BCUT2D eigenvalue weighted by molar-refractivity contribution is 0.304. The summed E-state index contributed by atoms with van der Waals surface area (Å²) in [6.07, 6.45) is 24.1. The minimum absolute atomic E-state index is 0.768. The summed E-state index contributed by atoms with van der Waals surface area (Å²) in [5, 5.41) is 0. The van der Waals surface area contributed by atoms with Gasteiger partial charge in [-0.1, -0.05) is 119 Å². The van der Waals surface area contributed by atoms with Crippen molar-refractivity contribution in [3.05, 3.63) is 92.0 Å². The number of hydrogen-bond acceptors (Lipinski definition) is 3. The van der Waals surface area contributed by atoms with E-state index in [1.165, 1.54) is 77.0 Å². The first-order valence-corrected chi connectivity index (χ1v) is 16.8. The van der Waals surface area contributed by atoms with Crippen LogP contribution in [0.15, 0.2) is 92.0 Å². The van der Waals surface area contributed by atoms with E-state index in [9.17, 15) is 0 Å². The topological polar surface area (TPSA) is 44.5 Å². The van der Waals surface area contributed by atoms with E-state index in [2.05, 4.69) is 79.9 Å². The number of ether oxygens (including phenoxy) is 2. The van der Waals surface area contributed by atoms with Gasteiger partial charge < -0.3 is 15.2 Å². The van der Waals surface area contributed by atoms with Gasteiger partial charge in [0.15, 0.2) is 0 Å². The summed E-state index contributed by atoms with van der Waals surface area (Å²) in [6, 6.07) is 22.9. The third kappa shape index (κ3) is 13.2. The molecule has 0 amide bonds. The highest BCUT2D eigenvalue weighted by molar-refractivity contribution is 5.89. The largest absolute Gasteiger partial charge is 0.494 e. The lowest BCUT2D eigenvalue weighted by Gasteiger charge is -2.13. The van der Waals surface area contributed by atoms with Crippen LogP contribution in [0.3, 0.4) is 0 Å². The molecule has 43 heavy (non-hydrogen) atoms. The molecule has 3 heteroatoms. The van der Waals surface area contributed by atoms with Crippen LogP contribution in [0.4, 0.5) is 5.69 Å². The normalized spacial score (nSPS) is 10.9. The molecule has 3 aromatic rings. The first-order chi connectivity index (χ1) is 21.2. The fourth-order valence-electron chi connectivity index (χ4n) is 5.46. The van der Waals surface area contributed by atoms with Gasteiger partial charge in [0.25, 0.3) is 0 Å². The number of hydrogen-bond donors (Lipinski definition) is 1. The molecule has 0 atom stereocenters. The highest BCUT2D eigenvalue weighted by atomic mass is 16.5. The molecule has 0 aromatic heterocycles. The maximum absolute atomic E-state index is 6.70. The first-order valence-electron chi connectivity index (χ1n) is 16.8. The molecule has 0 aliphatic heterocycles. The van der Waals surface area contributed by atoms with Crippen molar-refractivity contribution in [2.75, 3.05) is 18.9 Å². The van der Waals surface area contributed by atoms with Crippen LogP contribution in [-0.4, -0.2) is 13.2 Å². The summed E-state index contributed by atoms with van der Waals surface area (Å²) in [5.41, 5.74) is 11.8. The molecule has 0 aliphatic carbocycles. The Balaban J connectivity index is 1.39. The van der Waals surface area contributed by atoms with Gasteiger partial charge in [-0.3, -0.25) is 0 Å². The number of benzene rings is 3. The molecule has 0 saturated heterocycles. The van der Waals surface area contributed by atoms with Gasteiger partial charge in [-0.15, -0.1) is 13.2 Å². The molecule has 2 N–H and O–H groups in total. The Hall–Kier alpha value is -3.46. The second-order valence-electron chi connectivity index (χ2n) is 11.6. The Labute approximate surface area is 262 Å². The predicted octanol–water partition coefficient (Wildman–Crippen LogP) is 12.0. The zero-order valence-corrected chi connectivity index (χ0v) is 26.5. The number of unbranched alkanes of at least 4 members (excludes halogenated alkanes) is 14. The first kappa shape index (κ1) is 34.0. The third-order valence-corrected chi connectivity index (χ3v) is 8.08. The van der Waals surface area contributed by atoms with Crippen LogP contribution < -0.4 is 15.2 Å². The van der Waals surface area contributed by atoms with Gasteiger partial charge >= 0.3 is 0 Å². The highest BCUT2D eigenvalue weighted by Crippen LogP contribution is 2.36. The fourth-order valence-corrected chi connectivity index (χ4v) is 5.46. The maximum Gasteiger partial charge on any atom is 0.119 e. The van der Waals surface area contributed by atoms with Gasteiger partial charge in [0.05, 0.1) is 13.2 Å². The predicted molar refractivity (Wildman–Crippen MR) is 187 cm³/mol. The fraction of sp³-hybridized carbons (Fsp3) is 0.450. The van der Waals surface area contributed by atoms with Crippen LogP contribution in [0.25, 0.3) is 22.3 Å². The van der Waals surface area contributed by atoms with Gasteiger partial charge in [0.1, 0.15) is 11.5 Å². The minimum Gasteiger partial charge on any atom is -0.494 e. The van der Waals surface area contributed by atoms with Gasteiger partial charge in [0, 0.05) is 16.8 Å². The number of anilines is 1. The van der Waals surface area contributed by atoms with Gasteiger partial charge in [-0.05, 0) is 73.9 Å². The summed E-state index contributed by atoms with van der Waals surface area (Å²) in [4.78, 5) is 0. The van der Waals surface area contributed by atoms with Crippen molar-refractivity contribution in [1.29, 1.82) is 0 Å².